The molecule has 2 atom stereocenters. The average molecular weight is 239 g/mol. The van der Waals surface area contributed by atoms with Crippen LogP contribution < -0.4 is 10.2 Å². The molecule has 0 bridgehead atoms. The molecule has 1 saturated heterocycles. The molecule has 0 amide bonds. The van der Waals surface area contributed by atoms with Gasteiger partial charge in [0.2, 0.25) is 0 Å². The number of benzene rings is 1. The van der Waals surface area contributed by atoms with E-state index in [1.807, 2.05) is 12.1 Å². The Morgan fingerprint density at radius 2 is 2.06 bits per heavy atom. The Hall–Kier alpha value is -0.730. The van der Waals surface area contributed by atoms with E-state index in [0.717, 1.165) is 18.1 Å². The maximum atomic E-state index is 5.91. The Morgan fingerprint density at radius 3 is 2.69 bits per heavy atom. The lowest BCUT2D eigenvalue weighted by atomic mass is 10.1. The lowest BCUT2D eigenvalue weighted by molar-refractivity contribution is 0.397. The van der Waals surface area contributed by atoms with E-state index in [9.17, 15) is 0 Å². The molecule has 0 aromatic heterocycles. The first-order valence-corrected chi connectivity index (χ1v) is 6.34. The summed E-state index contributed by atoms with van der Waals surface area (Å²) in [5.41, 5.74) is 1.27. The molecule has 1 heterocycles. The molecule has 16 heavy (non-hydrogen) atoms. The molecule has 0 spiro atoms. The molecular formula is C13H19ClN2. The van der Waals surface area contributed by atoms with E-state index in [4.69, 9.17) is 11.6 Å². The highest BCUT2D eigenvalue weighted by molar-refractivity contribution is 6.30. The zero-order chi connectivity index (χ0) is 11.5. The van der Waals surface area contributed by atoms with Gasteiger partial charge < -0.3 is 10.2 Å². The zero-order valence-corrected chi connectivity index (χ0v) is 10.7. The highest BCUT2D eigenvalue weighted by Crippen LogP contribution is 2.22. The minimum Gasteiger partial charge on any atom is -0.366 e. The van der Waals surface area contributed by atoms with Crippen molar-refractivity contribution < 1.29 is 0 Å². The maximum Gasteiger partial charge on any atom is 0.0407 e. The molecule has 2 nitrogen and oxygen atoms in total. The van der Waals surface area contributed by atoms with Gasteiger partial charge in [-0.3, -0.25) is 0 Å². The van der Waals surface area contributed by atoms with Crippen LogP contribution in [0.2, 0.25) is 5.02 Å². The third-order valence-electron chi connectivity index (χ3n) is 3.30. The minimum absolute atomic E-state index is 0.545. The smallest absolute Gasteiger partial charge is 0.0407 e. The number of hydrogen-bond acceptors (Lipinski definition) is 2. The van der Waals surface area contributed by atoms with Crippen LogP contribution >= 0.6 is 11.6 Å². The minimum atomic E-state index is 0.545. The van der Waals surface area contributed by atoms with Crippen LogP contribution in [-0.2, 0) is 0 Å². The molecule has 1 fully saturated rings. The van der Waals surface area contributed by atoms with Crippen LogP contribution in [0.1, 0.15) is 20.3 Å². The van der Waals surface area contributed by atoms with Crippen molar-refractivity contribution in [2.24, 2.45) is 0 Å². The predicted molar refractivity (Wildman–Crippen MR) is 70.3 cm³/mol. The van der Waals surface area contributed by atoms with Crippen LogP contribution in [0.4, 0.5) is 5.69 Å². The number of rotatable bonds is 2. The van der Waals surface area contributed by atoms with Gasteiger partial charge in [-0.05, 0) is 37.6 Å². The van der Waals surface area contributed by atoms with Crippen LogP contribution in [0.25, 0.3) is 0 Å². The summed E-state index contributed by atoms with van der Waals surface area (Å²) in [5.74, 6) is 0. The third kappa shape index (κ3) is 2.50. The summed E-state index contributed by atoms with van der Waals surface area (Å²) in [4.78, 5) is 2.46. The maximum absolute atomic E-state index is 5.91. The molecule has 1 aliphatic heterocycles. The third-order valence-corrected chi connectivity index (χ3v) is 3.55. The highest BCUT2D eigenvalue weighted by atomic mass is 35.5. The van der Waals surface area contributed by atoms with E-state index in [1.165, 1.54) is 12.1 Å². The van der Waals surface area contributed by atoms with Crippen LogP contribution in [0.3, 0.4) is 0 Å². The second-order valence-electron chi connectivity index (χ2n) is 4.49. The Morgan fingerprint density at radius 1 is 1.38 bits per heavy atom. The van der Waals surface area contributed by atoms with Crippen molar-refractivity contribution in [3.63, 3.8) is 0 Å². The van der Waals surface area contributed by atoms with Crippen molar-refractivity contribution >= 4 is 17.3 Å². The van der Waals surface area contributed by atoms with Crippen molar-refractivity contribution in [1.82, 2.24) is 5.32 Å². The summed E-state index contributed by atoms with van der Waals surface area (Å²) in [6.07, 6.45) is 1.18. The zero-order valence-electron chi connectivity index (χ0n) is 9.91. The molecular weight excluding hydrogens is 220 g/mol. The summed E-state index contributed by atoms with van der Waals surface area (Å²) in [5, 5.41) is 4.37. The summed E-state index contributed by atoms with van der Waals surface area (Å²) in [6, 6.07) is 9.29. The number of piperazine rings is 1. The van der Waals surface area contributed by atoms with Gasteiger partial charge in [-0.2, -0.15) is 0 Å². The van der Waals surface area contributed by atoms with Crippen molar-refractivity contribution in [2.45, 2.75) is 32.4 Å². The Labute approximate surface area is 103 Å². The first-order chi connectivity index (χ1) is 7.70. The summed E-state index contributed by atoms with van der Waals surface area (Å²) in [7, 11) is 0. The fourth-order valence-corrected chi connectivity index (χ4v) is 2.32. The first-order valence-electron chi connectivity index (χ1n) is 5.96. The largest absolute Gasteiger partial charge is 0.366 e. The standard InChI is InChI=1S/C13H19ClN2/c1-3-12-9-16(10(2)8-15-12)13-6-4-11(14)5-7-13/h4-7,10,12,15H,3,8-9H2,1-2H3. The monoisotopic (exact) mass is 238 g/mol. The summed E-state index contributed by atoms with van der Waals surface area (Å²) < 4.78 is 0. The van der Waals surface area contributed by atoms with Crippen LogP contribution in [-0.4, -0.2) is 25.2 Å². The molecule has 0 saturated carbocycles. The molecule has 2 rings (SSSR count). The number of anilines is 1. The first kappa shape index (κ1) is 11.7. The normalized spacial score (nSPS) is 25.8. The molecule has 2 unspecified atom stereocenters. The molecule has 0 radical (unpaired) electrons. The quantitative estimate of drug-likeness (QED) is 0.853. The van der Waals surface area contributed by atoms with E-state index in [0.29, 0.717) is 12.1 Å². The molecule has 0 aliphatic carbocycles. The van der Waals surface area contributed by atoms with Gasteiger partial charge in [-0.1, -0.05) is 18.5 Å². The Bertz CT molecular complexity index is 336. The molecule has 88 valence electrons. The predicted octanol–water partition coefficient (Wildman–Crippen LogP) is 2.92. The van der Waals surface area contributed by atoms with Crippen LogP contribution in [0, 0.1) is 0 Å². The second-order valence-corrected chi connectivity index (χ2v) is 4.93. The van der Waals surface area contributed by atoms with Crippen molar-refractivity contribution in [1.29, 1.82) is 0 Å². The number of halogens is 1. The van der Waals surface area contributed by atoms with Gasteiger partial charge in [0, 0.05) is 35.9 Å². The number of nitrogens with one attached hydrogen (secondary N) is 1. The molecule has 1 N–H and O–H groups in total. The van der Waals surface area contributed by atoms with E-state index in [-0.39, 0.29) is 0 Å². The van der Waals surface area contributed by atoms with Gasteiger partial charge in [-0.25, -0.2) is 0 Å². The van der Waals surface area contributed by atoms with Crippen LogP contribution in [0.15, 0.2) is 24.3 Å². The fourth-order valence-electron chi connectivity index (χ4n) is 2.20. The Kier molecular flexibility index (Phi) is 3.72. The van der Waals surface area contributed by atoms with Crippen LogP contribution in [0.5, 0.6) is 0 Å². The molecule has 1 aromatic carbocycles. The van der Waals surface area contributed by atoms with E-state index in [1.54, 1.807) is 0 Å². The van der Waals surface area contributed by atoms with E-state index >= 15 is 0 Å². The fraction of sp³-hybridized carbons (Fsp3) is 0.538. The topological polar surface area (TPSA) is 15.3 Å². The molecule has 1 aromatic rings. The lowest BCUT2D eigenvalue weighted by Gasteiger charge is -2.40. The van der Waals surface area contributed by atoms with Crippen molar-refractivity contribution in [2.75, 3.05) is 18.0 Å². The van der Waals surface area contributed by atoms with E-state index in [2.05, 4.69) is 36.2 Å². The van der Waals surface area contributed by atoms with Crippen molar-refractivity contribution in [3.8, 4) is 0 Å². The van der Waals surface area contributed by atoms with Crippen molar-refractivity contribution in [3.05, 3.63) is 29.3 Å². The van der Waals surface area contributed by atoms with Gasteiger partial charge in [-0.15, -0.1) is 0 Å². The van der Waals surface area contributed by atoms with Gasteiger partial charge in [0.05, 0.1) is 0 Å². The van der Waals surface area contributed by atoms with Gasteiger partial charge in [0.15, 0.2) is 0 Å². The summed E-state index contributed by atoms with van der Waals surface area (Å²) in [6.45, 7) is 6.63. The molecule has 1 aliphatic rings. The highest BCUT2D eigenvalue weighted by Gasteiger charge is 2.23. The lowest BCUT2D eigenvalue weighted by Crippen LogP contribution is -2.55. The number of hydrogen-bond donors (Lipinski definition) is 1. The van der Waals surface area contributed by atoms with E-state index < -0.39 is 0 Å². The number of nitrogens with zero attached hydrogens (tertiary/aromatic N) is 1. The molecule has 3 heteroatoms. The van der Waals surface area contributed by atoms with Gasteiger partial charge in [0.1, 0.15) is 0 Å². The summed E-state index contributed by atoms with van der Waals surface area (Å²) >= 11 is 5.91. The Balaban J connectivity index is 2.14. The van der Waals surface area contributed by atoms with Gasteiger partial charge >= 0.3 is 0 Å². The SMILES string of the molecule is CCC1CN(c2ccc(Cl)cc2)C(C)CN1. The van der Waals surface area contributed by atoms with Gasteiger partial charge in [0.25, 0.3) is 0 Å². The second kappa shape index (κ2) is 5.07. The average Bonchev–Trinajstić information content (AvgIpc) is 2.31.